The van der Waals surface area contributed by atoms with E-state index >= 15 is 0 Å². The average Bonchev–Trinajstić information content (AvgIpc) is 2.38. The Bertz CT molecular complexity index is 594. The molecule has 0 atom stereocenters. The summed E-state index contributed by atoms with van der Waals surface area (Å²) in [5, 5.41) is 4.67. The van der Waals surface area contributed by atoms with Crippen molar-refractivity contribution in [3.63, 3.8) is 0 Å². The zero-order valence-electron chi connectivity index (χ0n) is 13.4. The van der Waals surface area contributed by atoms with E-state index in [-0.39, 0.29) is 5.41 Å². The molecule has 0 fully saturated rings. The molecule has 2 nitrogen and oxygen atoms in total. The lowest BCUT2D eigenvalue weighted by Gasteiger charge is -2.22. The Labute approximate surface area is 122 Å². The Morgan fingerprint density at radius 2 is 1.90 bits per heavy atom. The van der Waals surface area contributed by atoms with Gasteiger partial charge in [0.2, 0.25) is 0 Å². The van der Waals surface area contributed by atoms with E-state index in [1.165, 1.54) is 16.5 Å². The first kappa shape index (κ1) is 14.8. The first-order valence-corrected chi connectivity index (χ1v) is 7.64. The molecule has 0 unspecified atom stereocenters. The molecule has 0 saturated heterocycles. The normalized spacial score (nSPS) is 11.8. The quantitative estimate of drug-likeness (QED) is 0.853. The summed E-state index contributed by atoms with van der Waals surface area (Å²) in [4.78, 5) is 4.94. The number of benzene rings is 1. The van der Waals surface area contributed by atoms with Gasteiger partial charge in [0.15, 0.2) is 0 Å². The maximum Gasteiger partial charge on any atom is 0.129 e. The molecule has 0 amide bonds. The van der Waals surface area contributed by atoms with Crippen molar-refractivity contribution in [3.8, 4) is 0 Å². The van der Waals surface area contributed by atoms with E-state index in [2.05, 4.69) is 64.2 Å². The second-order valence-corrected chi connectivity index (χ2v) is 6.40. The van der Waals surface area contributed by atoms with Gasteiger partial charge in [0.1, 0.15) is 5.82 Å². The van der Waals surface area contributed by atoms with Crippen molar-refractivity contribution in [1.82, 2.24) is 4.98 Å². The number of para-hydroxylation sites is 1. The lowest BCUT2D eigenvalue weighted by molar-refractivity contribution is 0.594. The molecule has 0 radical (unpaired) electrons. The molecule has 0 spiro atoms. The highest BCUT2D eigenvalue weighted by Gasteiger charge is 2.18. The summed E-state index contributed by atoms with van der Waals surface area (Å²) in [6.45, 7) is 12.0. The molecule has 2 rings (SSSR count). The number of pyridine rings is 1. The van der Waals surface area contributed by atoms with Crippen LogP contribution >= 0.6 is 0 Å². The smallest absolute Gasteiger partial charge is 0.129 e. The van der Waals surface area contributed by atoms with E-state index in [0.29, 0.717) is 0 Å². The summed E-state index contributed by atoms with van der Waals surface area (Å²) in [5.41, 5.74) is 3.89. The van der Waals surface area contributed by atoms with Gasteiger partial charge >= 0.3 is 0 Å². The predicted octanol–water partition coefficient (Wildman–Crippen LogP) is 4.92. The number of anilines is 1. The molecule has 2 heteroatoms. The van der Waals surface area contributed by atoms with Crippen molar-refractivity contribution in [3.05, 3.63) is 35.4 Å². The van der Waals surface area contributed by atoms with E-state index in [0.717, 1.165) is 30.7 Å². The monoisotopic (exact) mass is 270 g/mol. The number of aromatic nitrogens is 1. The Morgan fingerprint density at radius 3 is 2.50 bits per heavy atom. The summed E-state index contributed by atoms with van der Waals surface area (Å²) < 4.78 is 0. The van der Waals surface area contributed by atoms with Crippen LogP contribution in [0.4, 0.5) is 5.82 Å². The van der Waals surface area contributed by atoms with Crippen LogP contribution in [-0.2, 0) is 11.8 Å². The molecular formula is C18H26N2. The minimum Gasteiger partial charge on any atom is -0.370 e. The Morgan fingerprint density at radius 1 is 1.15 bits per heavy atom. The zero-order chi connectivity index (χ0) is 14.8. The maximum atomic E-state index is 4.94. The first-order chi connectivity index (χ1) is 9.47. The van der Waals surface area contributed by atoms with Crippen molar-refractivity contribution < 1.29 is 0 Å². The molecule has 0 bridgehead atoms. The Balaban J connectivity index is 2.67. The molecular weight excluding hydrogens is 244 g/mol. The van der Waals surface area contributed by atoms with Gasteiger partial charge in [-0.05, 0) is 36.0 Å². The lowest BCUT2D eigenvalue weighted by atomic mass is 9.85. The molecule has 1 N–H and O–H groups in total. The van der Waals surface area contributed by atoms with Crippen LogP contribution in [0, 0.1) is 0 Å². The average molecular weight is 270 g/mol. The highest BCUT2D eigenvalue weighted by Crippen LogP contribution is 2.31. The standard InChI is InChI=1S/C18H26N2/c1-6-9-14-12-13-10-8-11-15(18(3,4)5)16(13)20-17(14)19-7-2/h8,10-12H,6-7,9H2,1-5H3,(H,19,20). The van der Waals surface area contributed by atoms with Crippen LogP contribution in [0.1, 0.15) is 52.2 Å². The second kappa shape index (κ2) is 5.82. The summed E-state index contributed by atoms with van der Waals surface area (Å²) >= 11 is 0. The summed E-state index contributed by atoms with van der Waals surface area (Å²) in [7, 11) is 0. The topological polar surface area (TPSA) is 24.9 Å². The maximum absolute atomic E-state index is 4.94. The Kier molecular flexibility index (Phi) is 4.32. The van der Waals surface area contributed by atoms with Gasteiger partial charge in [-0.3, -0.25) is 0 Å². The van der Waals surface area contributed by atoms with E-state index in [1.54, 1.807) is 0 Å². The molecule has 0 aliphatic carbocycles. The van der Waals surface area contributed by atoms with Crippen LogP contribution in [-0.4, -0.2) is 11.5 Å². The number of nitrogens with one attached hydrogen (secondary N) is 1. The molecule has 1 heterocycles. The SMILES string of the molecule is CCCc1cc2cccc(C(C)(C)C)c2nc1NCC. The van der Waals surface area contributed by atoms with Gasteiger partial charge in [0, 0.05) is 11.9 Å². The van der Waals surface area contributed by atoms with Gasteiger partial charge in [-0.1, -0.05) is 52.3 Å². The van der Waals surface area contributed by atoms with Gasteiger partial charge in [-0.25, -0.2) is 4.98 Å². The molecule has 20 heavy (non-hydrogen) atoms. The van der Waals surface area contributed by atoms with Crippen molar-refractivity contribution in [2.24, 2.45) is 0 Å². The van der Waals surface area contributed by atoms with Gasteiger partial charge in [-0.15, -0.1) is 0 Å². The van der Waals surface area contributed by atoms with Crippen molar-refractivity contribution >= 4 is 16.7 Å². The number of nitrogens with zero attached hydrogens (tertiary/aromatic N) is 1. The molecule has 0 saturated carbocycles. The van der Waals surface area contributed by atoms with Crippen LogP contribution in [0.5, 0.6) is 0 Å². The number of rotatable bonds is 4. The predicted molar refractivity (Wildman–Crippen MR) is 88.6 cm³/mol. The van der Waals surface area contributed by atoms with E-state index in [4.69, 9.17) is 4.98 Å². The molecule has 108 valence electrons. The number of aryl methyl sites for hydroxylation is 1. The molecule has 2 aromatic rings. The fraction of sp³-hybridized carbons (Fsp3) is 0.500. The molecule has 1 aromatic carbocycles. The molecule has 0 aliphatic rings. The van der Waals surface area contributed by atoms with Crippen molar-refractivity contribution in [1.29, 1.82) is 0 Å². The lowest BCUT2D eigenvalue weighted by Crippen LogP contribution is -2.13. The summed E-state index contributed by atoms with van der Waals surface area (Å²) in [5.74, 6) is 1.05. The van der Waals surface area contributed by atoms with Crippen molar-refractivity contribution in [2.75, 3.05) is 11.9 Å². The van der Waals surface area contributed by atoms with Crippen LogP contribution < -0.4 is 5.32 Å². The highest BCUT2D eigenvalue weighted by molar-refractivity contribution is 5.85. The van der Waals surface area contributed by atoms with Gasteiger partial charge in [0.05, 0.1) is 5.52 Å². The largest absolute Gasteiger partial charge is 0.370 e. The van der Waals surface area contributed by atoms with Gasteiger partial charge in [-0.2, -0.15) is 0 Å². The van der Waals surface area contributed by atoms with E-state index in [1.807, 2.05) is 0 Å². The third kappa shape index (κ3) is 2.95. The highest BCUT2D eigenvalue weighted by atomic mass is 15.0. The third-order valence-electron chi connectivity index (χ3n) is 3.60. The van der Waals surface area contributed by atoms with Crippen LogP contribution in [0.25, 0.3) is 10.9 Å². The molecule has 1 aromatic heterocycles. The summed E-state index contributed by atoms with van der Waals surface area (Å²) in [6, 6.07) is 8.82. The fourth-order valence-corrected chi connectivity index (χ4v) is 2.63. The first-order valence-electron chi connectivity index (χ1n) is 7.64. The van der Waals surface area contributed by atoms with Gasteiger partial charge in [0.25, 0.3) is 0 Å². The summed E-state index contributed by atoms with van der Waals surface area (Å²) in [6.07, 6.45) is 2.22. The third-order valence-corrected chi connectivity index (χ3v) is 3.60. The second-order valence-electron chi connectivity index (χ2n) is 6.40. The van der Waals surface area contributed by atoms with Crippen LogP contribution in [0.15, 0.2) is 24.3 Å². The van der Waals surface area contributed by atoms with Crippen molar-refractivity contribution in [2.45, 2.75) is 52.9 Å². The molecule has 0 aliphatic heterocycles. The van der Waals surface area contributed by atoms with E-state index < -0.39 is 0 Å². The Hall–Kier alpha value is -1.57. The zero-order valence-corrected chi connectivity index (χ0v) is 13.4. The van der Waals surface area contributed by atoms with E-state index in [9.17, 15) is 0 Å². The number of hydrogen-bond donors (Lipinski definition) is 1. The van der Waals surface area contributed by atoms with Crippen LogP contribution in [0.2, 0.25) is 0 Å². The van der Waals surface area contributed by atoms with Gasteiger partial charge < -0.3 is 5.32 Å². The number of hydrogen-bond acceptors (Lipinski definition) is 2. The number of fused-ring (bicyclic) bond motifs is 1. The minimum absolute atomic E-state index is 0.113. The fourth-order valence-electron chi connectivity index (χ4n) is 2.63. The minimum atomic E-state index is 0.113. The van der Waals surface area contributed by atoms with Crippen LogP contribution in [0.3, 0.4) is 0 Å².